The molecular weight excluding hydrogens is 248 g/mol. The lowest BCUT2D eigenvalue weighted by Gasteiger charge is -2.16. The molecule has 0 heterocycles. The van der Waals surface area contributed by atoms with E-state index in [9.17, 15) is 9.90 Å². The summed E-state index contributed by atoms with van der Waals surface area (Å²) in [5, 5.41) is 27.2. The quantitative estimate of drug-likeness (QED) is 0.649. The van der Waals surface area contributed by atoms with Crippen LogP contribution in [0.2, 0.25) is 0 Å². The first-order chi connectivity index (χ1) is 9.04. The number of aliphatic hydroxyl groups is 2. The Labute approximate surface area is 111 Å². The molecule has 1 aromatic rings. The lowest BCUT2D eigenvalue weighted by molar-refractivity contribution is -0.131. The third-order valence-electron chi connectivity index (χ3n) is 2.62. The van der Waals surface area contributed by atoms with Crippen LogP contribution in [0.3, 0.4) is 0 Å². The summed E-state index contributed by atoms with van der Waals surface area (Å²) in [5.74, 6) is -0.731. The molecular formula is C14H18O5. The Morgan fingerprint density at radius 2 is 2.00 bits per heavy atom. The number of aliphatic carboxylic acids is 1. The molecule has 0 bridgehead atoms. The van der Waals surface area contributed by atoms with Crippen LogP contribution in [0.1, 0.15) is 18.6 Å². The SMILES string of the molecule is C[C@@H](/C=C/C(=O)O)[C@@H](O)c1ccc(OCCO)cc1. The molecule has 5 heteroatoms. The maximum Gasteiger partial charge on any atom is 0.327 e. The number of carboxylic acid groups (broad SMARTS) is 1. The Balaban J connectivity index is 2.66. The molecule has 0 aliphatic carbocycles. The summed E-state index contributed by atoms with van der Waals surface area (Å²) in [4.78, 5) is 10.4. The summed E-state index contributed by atoms with van der Waals surface area (Å²) in [5.41, 5.74) is 0.680. The first-order valence-corrected chi connectivity index (χ1v) is 5.97. The summed E-state index contributed by atoms with van der Waals surface area (Å²) in [6, 6.07) is 6.81. The molecule has 1 aromatic carbocycles. The Morgan fingerprint density at radius 1 is 1.37 bits per heavy atom. The lowest BCUT2D eigenvalue weighted by Crippen LogP contribution is -2.07. The number of benzene rings is 1. The number of hydrogen-bond donors (Lipinski definition) is 3. The van der Waals surface area contributed by atoms with Gasteiger partial charge in [0.15, 0.2) is 0 Å². The van der Waals surface area contributed by atoms with Gasteiger partial charge in [0.2, 0.25) is 0 Å². The average Bonchev–Trinajstić information content (AvgIpc) is 2.42. The van der Waals surface area contributed by atoms with Gasteiger partial charge in [-0.15, -0.1) is 0 Å². The van der Waals surface area contributed by atoms with E-state index in [0.29, 0.717) is 11.3 Å². The zero-order chi connectivity index (χ0) is 14.3. The zero-order valence-corrected chi connectivity index (χ0v) is 10.7. The molecule has 0 unspecified atom stereocenters. The molecule has 0 fully saturated rings. The maximum atomic E-state index is 10.4. The molecule has 19 heavy (non-hydrogen) atoms. The summed E-state index contributed by atoms with van der Waals surface area (Å²) >= 11 is 0. The van der Waals surface area contributed by atoms with Crippen molar-refractivity contribution in [2.24, 2.45) is 5.92 Å². The van der Waals surface area contributed by atoms with Gasteiger partial charge < -0.3 is 20.1 Å². The molecule has 0 saturated heterocycles. The van der Waals surface area contributed by atoms with E-state index in [1.165, 1.54) is 6.08 Å². The normalized spacial score (nSPS) is 14.3. The monoisotopic (exact) mass is 266 g/mol. The standard InChI is InChI=1S/C14H18O5/c1-10(2-7-13(16)17)14(18)11-3-5-12(6-4-11)19-9-8-15/h2-7,10,14-15,18H,8-9H2,1H3,(H,16,17)/b7-2+/t10-,14+/m0/s1. The minimum Gasteiger partial charge on any atom is -0.491 e. The molecule has 1 rings (SSSR count). The van der Waals surface area contributed by atoms with Crippen LogP contribution in [0.15, 0.2) is 36.4 Å². The minimum absolute atomic E-state index is 0.0542. The van der Waals surface area contributed by atoms with Crippen molar-refractivity contribution in [1.82, 2.24) is 0 Å². The van der Waals surface area contributed by atoms with E-state index in [2.05, 4.69) is 0 Å². The topological polar surface area (TPSA) is 87.0 Å². The van der Waals surface area contributed by atoms with Crippen LogP contribution in [0, 0.1) is 5.92 Å². The smallest absolute Gasteiger partial charge is 0.327 e. The van der Waals surface area contributed by atoms with Crippen LogP contribution in [-0.4, -0.2) is 34.5 Å². The molecule has 0 aromatic heterocycles. The van der Waals surface area contributed by atoms with Crippen LogP contribution >= 0.6 is 0 Å². The van der Waals surface area contributed by atoms with E-state index < -0.39 is 12.1 Å². The van der Waals surface area contributed by atoms with Crippen molar-refractivity contribution in [1.29, 1.82) is 0 Å². The van der Waals surface area contributed by atoms with Crippen LogP contribution < -0.4 is 4.74 Å². The van der Waals surface area contributed by atoms with E-state index in [1.54, 1.807) is 31.2 Å². The van der Waals surface area contributed by atoms with Crippen LogP contribution in [0.5, 0.6) is 5.75 Å². The minimum atomic E-state index is -1.04. The molecule has 3 N–H and O–H groups in total. The molecule has 0 spiro atoms. The number of carboxylic acids is 1. The van der Waals surface area contributed by atoms with Gasteiger partial charge >= 0.3 is 5.97 Å². The van der Waals surface area contributed by atoms with E-state index >= 15 is 0 Å². The first-order valence-electron chi connectivity index (χ1n) is 5.97. The highest BCUT2D eigenvalue weighted by atomic mass is 16.5. The molecule has 5 nitrogen and oxygen atoms in total. The first kappa shape index (κ1) is 15.2. The number of ether oxygens (including phenoxy) is 1. The van der Waals surface area contributed by atoms with Gasteiger partial charge in [0.05, 0.1) is 12.7 Å². The summed E-state index contributed by atoms with van der Waals surface area (Å²) in [6.07, 6.45) is 1.69. The highest BCUT2D eigenvalue weighted by molar-refractivity contribution is 5.79. The lowest BCUT2D eigenvalue weighted by atomic mass is 9.97. The molecule has 0 aliphatic heterocycles. The van der Waals surface area contributed by atoms with Gasteiger partial charge in [0.1, 0.15) is 12.4 Å². The van der Waals surface area contributed by atoms with Crippen molar-refractivity contribution in [3.63, 3.8) is 0 Å². The zero-order valence-electron chi connectivity index (χ0n) is 10.7. The highest BCUT2D eigenvalue weighted by Gasteiger charge is 2.14. The van der Waals surface area contributed by atoms with E-state index in [-0.39, 0.29) is 19.1 Å². The third kappa shape index (κ3) is 5.11. The highest BCUT2D eigenvalue weighted by Crippen LogP contribution is 2.24. The van der Waals surface area contributed by atoms with Gasteiger partial charge in [-0.05, 0) is 17.7 Å². The van der Waals surface area contributed by atoms with Gasteiger partial charge in [-0.25, -0.2) is 4.79 Å². The van der Waals surface area contributed by atoms with Crippen molar-refractivity contribution in [3.05, 3.63) is 42.0 Å². The van der Waals surface area contributed by atoms with E-state index in [1.807, 2.05) is 0 Å². The van der Waals surface area contributed by atoms with Crippen molar-refractivity contribution < 1.29 is 24.9 Å². The van der Waals surface area contributed by atoms with E-state index in [4.69, 9.17) is 14.9 Å². The molecule has 0 saturated carbocycles. The second kappa shape index (κ2) is 7.56. The fraction of sp³-hybridized carbons (Fsp3) is 0.357. The van der Waals surface area contributed by atoms with Crippen LogP contribution in [0.4, 0.5) is 0 Å². The Hall–Kier alpha value is -1.85. The maximum absolute atomic E-state index is 10.4. The third-order valence-corrected chi connectivity index (χ3v) is 2.62. The number of aliphatic hydroxyl groups excluding tert-OH is 2. The molecule has 0 aliphatic rings. The van der Waals surface area contributed by atoms with Gasteiger partial charge in [0, 0.05) is 12.0 Å². The van der Waals surface area contributed by atoms with Crippen molar-refractivity contribution in [2.75, 3.05) is 13.2 Å². The number of rotatable bonds is 7. The van der Waals surface area contributed by atoms with Crippen LogP contribution in [0.25, 0.3) is 0 Å². The summed E-state index contributed by atoms with van der Waals surface area (Å²) in [7, 11) is 0. The fourth-order valence-electron chi connectivity index (χ4n) is 1.57. The Kier molecular flexibility index (Phi) is 6.05. The van der Waals surface area contributed by atoms with Gasteiger partial charge in [0.25, 0.3) is 0 Å². The summed E-state index contributed by atoms with van der Waals surface area (Å²) < 4.78 is 5.21. The van der Waals surface area contributed by atoms with Gasteiger partial charge in [-0.2, -0.15) is 0 Å². The average molecular weight is 266 g/mol. The Bertz CT molecular complexity index is 424. The van der Waals surface area contributed by atoms with Crippen molar-refractivity contribution in [2.45, 2.75) is 13.0 Å². The molecule has 0 radical (unpaired) electrons. The fourth-order valence-corrected chi connectivity index (χ4v) is 1.57. The molecule has 104 valence electrons. The Morgan fingerprint density at radius 3 is 2.53 bits per heavy atom. The van der Waals surface area contributed by atoms with Crippen molar-refractivity contribution in [3.8, 4) is 5.75 Å². The molecule has 0 amide bonds. The predicted molar refractivity (Wildman–Crippen MR) is 69.9 cm³/mol. The second-order valence-corrected chi connectivity index (χ2v) is 4.14. The largest absolute Gasteiger partial charge is 0.491 e. The summed E-state index contributed by atoms with van der Waals surface area (Å²) in [6.45, 7) is 1.90. The van der Waals surface area contributed by atoms with Crippen LogP contribution in [-0.2, 0) is 4.79 Å². The molecule has 2 atom stereocenters. The number of hydrogen-bond acceptors (Lipinski definition) is 4. The van der Waals surface area contributed by atoms with Crippen molar-refractivity contribution >= 4 is 5.97 Å². The predicted octanol–water partition coefficient (Wildman–Crippen LogP) is 1.37. The van der Waals surface area contributed by atoms with E-state index in [0.717, 1.165) is 6.08 Å². The van der Waals surface area contributed by atoms with Gasteiger partial charge in [-0.1, -0.05) is 25.1 Å². The second-order valence-electron chi connectivity index (χ2n) is 4.14. The number of carbonyl (C=O) groups is 1. The van der Waals surface area contributed by atoms with Gasteiger partial charge in [-0.3, -0.25) is 0 Å².